The predicted octanol–water partition coefficient (Wildman–Crippen LogP) is 10.3. The topological polar surface area (TPSA) is 49.8 Å². The standard InChI is InChI=1S/C39H38F3NO3/c1-25(37(3,4)36-26(2)28-15-10-11-16-29(28)30-17-12-13-18-31(30)36)14-8-7-9-19-34-38(5,6)32-24-27(46-39(40,41)42)20-21-33(32)43(34)23-22-35(44)45/h7-21,24H,1,22-23H2,2-6H3,(H,44,45)/b9-7+,14-8+,34-19-. The third-order valence-corrected chi connectivity index (χ3v) is 9.04. The van der Waals surface area contributed by atoms with E-state index in [-0.39, 0.29) is 24.1 Å². The van der Waals surface area contributed by atoms with Gasteiger partial charge >= 0.3 is 12.3 Å². The Morgan fingerprint density at radius 3 is 2.17 bits per heavy atom. The SMILES string of the molecule is C=C(/C=C/C=C/C=C1\N(CCC(=O)O)c2ccc(OC(F)(F)F)cc2C1(C)C)C(C)(C)c1c(C)c2ccccc2c2ccccc12. The van der Waals surface area contributed by atoms with Gasteiger partial charge in [0.25, 0.3) is 0 Å². The molecule has 1 N–H and O–H groups in total. The van der Waals surface area contributed by atoms with Crippen LogP contribution in [0.5, 0.6) is 5.75 Å². The van der Waals surface area contributed by atoms with Crippen molar-refractivity contribution < 1.29 is 27.8 Å². The number of aryl methyl sites for hydroxylation is 1. The molecule has 0 unspecified atom stereocenters. The molecular weight excluding hydrogens is 587 g/mol. The number of rotatable bonds is 9. The van der Waals surface area contributed by atoms with Crippen LogP contribution in [0.25, 0.3) is 21.5 Å². The molecule has 0 fully saturated rings. The number of anilines is 1. The molecule has 1 aliphatic rings. The van der Waals surface area contributed by atoms with E-state index < -0.39 is 17.7 Å². The number of carboxylic acids is 1. The van der Waals surface area contributed by atoms with Gasteiger partial charge in [-0.25, -0.2) is 0 Å². The Hall–Kier alpha value is -4.78. The first-order valence-corrected chi connectivity index (χ1v) is 15.2. The zero-order chi connectivity index (χ0) is 33.4. The Balaban J connectivity index is 1.44. The van der Waals surface area contributed by atoms with Crippen molar-refractivity contribution >= 4 is 33.2 Å². The van der Waals surface area contributed by atoms with Gasteiger partial charge in [-0.2, -0.15) is 0 Å². The molecule has 0 radical (unpaired) electrons. The summed E-state index contributed by atoms with van der Waals surface area (Å²) < 4.78 is 43.0. The smallest absolute Gasteiger partial charge is 0.481 e. The van der Waals surface area contributed by atoms with Gasteiger partial charge in [0.05, 0.1) is 6.42 Å². The second-order valence-electron chi connectivity index (χ2n) is 12.7. The Morgan fingerprint density at radius 2 is 1.54 bits per heavy atom. The van der Waals surface area contributed by atoms with Crippen LogP contribution >= 0.6 is 0 Å². The van der Waals surface area contributed by atoms with Gasteiger partial charge in [0, 0.05) is 28.8 Å². The third-order valence-electron chi connectivity index (χ3n) is 9.04. The molecule has 0 aliphatic carbocycles. The molecule has 4 aromatic rings. The minimum atomic E-state index is -4.81. The first kappa shape index (κ1) is 32.6. The number of alkyl halides is 3. The number of hydrogen-bond acceptors (Lipinski definition) is 3. The van der Waals surface area contributed by atoms with E-state index >= 15 is 0 Å². The third kappa shape index (κ3) is 6.19. The molecule has 0 spiro atoms. The van der Waals surface area contributed by atoms with Crippen LogP contribution in [-0.2, 0) is 15.6 Å². The molecule has 0 saturated carbocycles. The van der Waals surface area contributed by atoms with Gasteiger partial charge in [0.2, 0.25) is 0 Å². The van der Waals surface area contributed by atoms with Crippen molar-refractivity contribution in [3.05, 3.63) is 132 Å². The number of halogens is 3. The summed E-state index contributed by atoms with van der Waals surface area (Å²) in [6.07, 6.45) is 4.60. The van der Waals surface area contributed by atoms with Crippen LogP contribution in [0.15, 0.2) is 115 Å². The minimum absolute atomic E-state index is 0.130. The van der Waals surface area contributed by atoms with Crippen LogP contribution in [0.3, 0.4) is 0 Å². The molecule has 4 aromatic carbocycles. The molecular formula is C39H38F3NO3. The highest BCUT2D eigenvalue weighted by Gasteiger charge is 2.41. The number of carbonyl (C=O) groups is 1. The lowest BCUT2D eigenvalue weighted by Crippen LogP contribution is -2.28. The lowest BCUT2D eigenvalue weighted by Gasteiger charge is -2.31. The molecule has 0 amide bonds. The Labute approximate surface area is 267 Å². The number of aliphatic carboxylic acids is 1. The van der Waals surface area contributed by atoms with Crippen molar-refractivity contribution in [2.75, 3.05) is 11.4 Å². The summed E-state index contributed by atoms with van der Waals surface area (Å²) in [5.41, 5.74) is 4.37. The zero-order valence-corrected chi connectivity index (χ0v) is 26.7. The molecule has 4 nitrogen and oxygen atoms in total. The number of nitrogens with zero attached hydrogens (tertiary/aromatic N) is 1. The molecule has 1 aliphatic heterocycles. The second kappa shape index (κ2) is 12.2. The largest absolute Gasteiger partial charge is 0.573 e. The maximum atomic E-state index is 12.9. The van der Waals surface area contributed by atoms with Gasteiger partial charge in [0.15, 0.2) is 0 Å². The van der Waals surface area contributed by atoms with Crippen LogP contribution in [0.4, 0.5) is 18.9 Å². The summed E-state index contributed by atoms with van der Waals surface area (Å²) in [6.45, 7) is 15.0. The second-order valence-corrected chi connectivity index (χ2v) is 12.7. The fourth-order valence-electron chi connectivity index (χ4n) is 6.67. The molecule has 7 heteroatoms. The Morgan fingerprint density at radius 1 is 0.935 bits per heavy atom. The Kier molecular flexibility index (Phi) is 8.65. The van der Waals surface area contributed by atoms with Crippen LogP contribution in [0, 0.1) is 6.92 Å². The summed E-state index contributed by atoms with van der Waals surface area (Å²) in [5, 5.41) is 14.2. The Bertz CT molecular complexity index is 1930. The summed E-state index contributed by atoms with van der Waals surface area (Å²) in [7, 11) is 0. The number of ether oxygens (including phenoxy) is 1. The van der Waals surface area contributed by atoms with Crippen LogP contribution in [-0.4, -0.2) is 24.0 Å². The lowest BCUT2D eigenvalue weighted by atomic mass is 9.73. The normalized spacial score (nSPS) is 15.8. The fourth-order valence-corrected chi connectivity index (χ4v) is 6.67. The average Bonchev–Trinajstić information content (AvgIpc) is 3.19. The monoisotopic (exact) mass is 625 g/mol. The van der Waals surface area contributed by atoms with Gasteiger partial charge in [-0.3, -0.25) is 4.79 Å². The highest BCUT2D eigenvalue weighted by Crippen LogP contribution is 2.49. The first-order chi connectivity index (χ1) is 21.6. The van der Waals surface area contributed by atoms with E-state index in [0.29, 0.717) is 11.3 Å². The molecule has 0 bridgehead atoms. The van der Waals surface area contributed by atoms with Gasteiger partial charge in [0.1, 0.15) is 5.75 Å². The summed E-state index contributed by atoms with van der Waals surface area (Å²) in [5.74, 6) is -1.27. The molecule has 46 heavy (non-hydrogen) atoms. The highest BCUT2D eigenvalue weighted by atomic mass is 19.4. The van der Waals surface area contributed by atoms with Crippen molar-refractivity contribution in [1.29, 1.82) is 0 Å². The molecule has 1 heterocycles. The van der Waals surface area contributed by atoms with Crippen LogP contribution in [0.2, 0.25) is 0 Å². The van der Waals surface area contributed by atoms with Crippen molar-refractivity contribution in [2.24, 2.45) is 0 Å². The van der Waals surface area contributed by atoms with Crippen LogP contribution < -0.4 is 9.64 Å². The van der Waals surface area contributed by atoms with Crippen LogP contribution in [0.1, 0.15) is 50.8 Å². The maximum absolute atomic E-state index is 12.9. The summed E-state index contributed by atoms with van der Waals surface area (Å²) >= 11 is 0. The van der Waals surface area contributed by atoms with E-state index in [4.69, 9.17) is 0 Å². The number of benzene rings is 4. The number of hydrogen-bond donors (Lipinski definition) is 1. The number of fused-ring (bicyclic) bond motifs is 4. The summed E-state index contributed by atoms with van der Waals surface area (Å²) in [6, 6.07) is 21.1. The van der Waals surface area contributed by atoms with E-state index in [1.54, 1.807) is 6.07 Å². The fraction of sp³-hybridized carbons (Fsp3) is 0.256. The minimum Gasteiger partial charge on any atom is -0.481 e. The van der Waals surface area contributed by atoms with Gasteiger partial charge in [-0.05, 0) is 75.0 Å². The highest BCUT2D eigenvalue weighted by molar-refractivity contribution is 6.11. The van der Waals surface area contributed by atoms with E-state index in [1.807, 2.05) is 49.1 Å². The van der Waals surface area contributed by atoms with E-state index in [0.717, 1.165) is 11.3 Å². The first-order valence-electron chi connectivity index (χ1n) is 15.2. The summed E-state index contributed by atoms with van der Waals surface area (Å²) in [4.78, 5) is 13.3. The van der Waals surface area contributed by atoms with Crippen molar-refractivity contribution in [1.82, 2.24) is 0 Å². The van der Waals surface area contributed by atoms with Gasteiger partial charge in [-0.1, -0.05) is 107 Å². The van der Waals surface area contributed by atoms with Gasteiger partial charge in [-0.15, -0.1) is 13.2 Å². The quantitative estimate of drug-likeness (QED) is 0.149. The van der Waals surface area contributed by atoms with Crippen molar-refractivity contribution in [3.63, 3.8) is 0 Å². The van der Waals surface area contributed by atoms with E-state index in [9.17, 15) is 23.1 Å². The lowest BCUT2D eigenvalue weighted by molar-refractivity contribution is -0.274. The molecule has 0 saturated heterocycles. The number of allylic oxidation sites excluding steroid dienone is 7. The van der Waals surface area contributed by atoms with E-state index in [1.165, 1.54) is 44.8 Å². The zero-order valence-electron chi connectivity index (χ0n) is 26.7. The van der Waals surface area contributed by atoms with Crippen molar-refractivity contribution in [3.8, 4) is 5.75 Å². The molecule has 0 atom stereocenters. The molecule has 0 aromatic heterocycles. The van der Waals surface area contributed by atoms with Gasteiger partial charge < -0.3 is 14.7 Å². The van der Waals surface area contributed by atoms with E-state index in [2.05, 4.69) is 80.6 Å². The predicted molar refractivity (Wildman–Crippen MR) is 180 cm³/mol. The molecule has 5 rings (SSSR count). The van der Waals surface area contributed by atoms with Crippen molar-refractivity contribution in [2.45, 2.75) is 58.2 Å². The maximum Gasteiger partial charge on any atom is 0.573 e. The molecule has 238 valence electrons. The average molecular weight is 626 g/mol. The number of carboxylic acid groups (broad SMARTS) is 1.